The summed E-state index contributed by atoms with van der Waals surface area (Å²) in [5.74, 6) is 0. The molecule has 1 unspecified atom stereocenters. The molecule has 0 bridgehead atoms. The molecule has 1 aromatic carbocycles. The molecule has 0 saturated carbocycles. The maximum atomic E-state index is 6.37. The molecule has 3 nitrogen and oxygen atoms in total. The van der Waals surface area contributed by atoms with Gasteiger partial charge in [-0.05, 0) is 26.3 Å². The van der Waals surface area contributed by atoms with Gasteiger partial charge in [0, 0.05) is 32.7 Å². The molecule has 2 fully saturated rings. The summed E-state index contributed by atoms with van der Waals surface area (Å²) in [5.41, 5.74) is 2.44. The van der Waals surface area contributed by atoms with Crippen molar-refractivity contribution in [3.63, 3.8) is 0 Å². The zero-order chi connectivity index (χ0) is 15.6. The zero-order valence-electron chi connectivity index (χ0n) is 14.0. The van der Waals surface area contributed by atoms with Crippen molar-refractivity contribution >= 4 is 6.08 Å². The lowest BCUT2D eigenvalue weighted by atomic mass is 9.94. The van der Waals surface area contributed by atoms with Crippen LogP contribution in [-0.4, -0.2) is 49.0 Å². The van der Waals surface area contributed by atoms with E-state index in [1.54, 1.807) is 0 Å². The molecule has 1 atom stereocenters. The van der Waals surface area contributed by atoms with Gasteiger partial charge in [-0.25, -0.2) is 0 Å². The number of hydrogen-bond donors (Lipinski definition) is 0. The highest BCUT2D eigenvalue weighted by Gasteiger charge is 2.46. The van der Waals surface area contributed by atoms with E-state index in [2.05, 4.69) is 62.1 Å². The Bertz CT molecular complexity index is 530. The Balaban J connectivity index is 1.70. The first-order valence-corrected chi connectivity index (χ1v) is 8.19. The average Bonchev–Trinajstić information content (AvgIpc) is 2.84. The second kappa shape index (κ2) is 6.15. The number of hydrogen-bond acceptors (Lipinski definition) is 3. The maximum Gasteiger partial charge on any atom is 0.107 e. The lowest BCUT2D eigenvalue weighted by Crippen LogP contribution is -2.60. The van der Waals surface area contributed by atoms with Crippen molar-refractivity contribution < 1.29 is 9.47 Å². The van der Waals surface area contributed by atoms with E-state index in [9.17, 15) is 0 Å². The van der Waals surface area contributed by atoms with Crippen molar-refractivity contribution in [2.75, 3.05) is 32.8 Å². The fourth-order valence-electron chi connectivity index (χ4n) is 3.79. The maximum absolute atomic E-state index is 6.37. The summed E-state index contributed by atoms with van der Waals surface area (Å²) in [7, 11) is 0. The second-order valence-corrected chi connectivity index (χ2v) is 7.39. The van der Waals surface area contributed by atoms with E-state index in [4.69, 9.17) is 9.47 Å². The van der Waals surface area contributed by atoms with Crippen LogP contribution in [0, 0.1) is 0 Å². The normalized spacial score (nSPS) is 29.1. The van der Waals surface area contributed by atoms with Gasteiger partial charge >= 0.3 is 0 Å². The number of ether oxygens (including phenoxy) is 2. The number of morpholine rings is 1. The largest absolute Gasteiger partial charge is 0.378 e. The molecule has 2 heterocycles. The third kappa shape index (κ3) is 3.78. The van der Waals surface area contributed by atoms with E-state index in [-0.39, 0.29) is 11.2 Å². The first-order valence-electron chi connectivity index (χ1n) is 8.19. The molecule has 3 rings (SSSR count). The fraction of sp³-hybridized carbons (Fsp3) is 0.579. The van der Waals surface area contributed by atoms with Gasteiger partial charge in [-0.15, -0.1) is 0 Å². The van der Waals surface area contributed by atoms with Crippen LogP contribution in [-0.2, 0) is 9.47 Å². The van der Waals surface area contributed by atoms with E-state index in [0.717, 1.165) is 39.3 Å². The van der Waals surface area contributed by atoms with Crippen molar-refractivity contribution in [2.24, 2.45) is 0 Å². The fourth-order valence-corrected chi connectivity index (χ4v) is 3.79. The van der Waals surface area contributed by atoms with Crippen molar-refractivity contribution in [2.45, 2.75) is 38.4 Å². The van der Waals surface area contributed by atoms with E-state index in [1.807, 2.05) is 0 Å². The molecular weight excluding hydrogens is 274 g/mol. The van der Waals surface area contributed by atoms with E-state index in [0.29, 0.717) is 0 Å². The Morgan fingerprint density at radius 3 is 2.68 bits per heavy atom. The lowest BCUT2D eigenvalue weighted by Gasteiger charge is -2.48. The molecule has 22 heavy (non-hydrogen) atoms. The summed E-state index contributed by atoms with van der Waals surface area (Å²) >= 11 is 0. The van der Waals surface area contributed by atoms with Crippen LogP contribution in [0.15, 0.2) is 35.9 Å². The molecule has 2 saturated heterocycles. The van der Waals surface area contributed by atoms with Gasteiger partial charge in [0.1, 0.15) is 5.60 Å². The van der Waals surface area contributed by atoms with E-state index >= 15 is 0 Å². The molecule has 2 aliphatic heterocycles. The number of benzene rings is 1. The molecule has 0 aliphatic carbocycles. The lowest BCUT2D eigenvalue weighted by molar-refractivity contribution is -0.193. The highest BCUT2D eigenvalue weighted by atomic mass is 16.6. The van der Waals surface area contributed by atoms with E-state index < -0.39 is 0 Å². The van der Waals surface area contributed by atoms with Gasteiger partial charge < -0.3 is 9.47 Å². The van der Waals surface area contributed by atoms with Crippen LogP contribution in [0.25, 0.3) is 6.08 Å². The summed E-state index contributed by atoms with van der Waals surface area (Å²) in [4.78, 5) is 2.52. The quantitative estimate of drug-likeness (QED) is 0.854. The highest BCUT2D eigenvalue weighted by molar-refractivity contribution is 5.52. The molecule has 0 radical (unpaired) electrons. The topological polar surface area (TPSA) is 21.7 Å². The van der Waals surface area contributed by atoms with Gasteiger partial charge in [0.25, 0.3) is 0 Å². The van der Waals surface area contributed by atoms with Crippen LogP contribution >= 0.6 is 0 Å². The van der Waals surface area contributed by atoms with Gasteiger partial charge in [-0.3, -0.25) is 4.90 Å². The molecule has 120 valence electrons. The highest BCUT2D eigenvalue weighted by Crippen LogP contribution is 2.34. The van der Waals surface area contributed by atoms with Crippen LogP contribution in [0.3, 0.4) is 0 Å². The molecular formula is C19H27NO2. The first kappa shape index (κ1) is 15.7. The third-order valence-corrected chi connectivity index (χ3v) is 4.36. The third-order valence-electron chi connectivity index (χ3n) is 4.36. The average molecular weight is 301 g/mol. The Kier molecular flexibility index (Phi) is 4.40. The molecule has 1 spiro atoms. The first-order chi connectivity index (χ1) is 10.5. The smallest absolute Gasteiger partial charge is 0.107 e. The van der Waals surface area contributed by atoms with Crippen molar-refractivity contribution in [1.82, 2.24) is 4.90 Å². The van der Waals surface area contributed by atoms with E-state index in [1.165, 1.54) is 11.1 Å². The Hall–Kier alpha value is -1.16. The molecule has 3 heteroatoms. The summed E-state index contributed by atoms with van der Waals surface area (Å²) in [6.07, 6.45) is 3.29. The van der Waals surface area contributed by atoms with Crippen LogP contribution < -0.4 is 0 Å². The molecule has 1 aromatic rings. The summed E-state index contributed by atoms with van der Waals surface area (Å²) in [6.45, 7) is 11.1. The minimum atomic E-state index is -0.112. The van der Waals surface area contributed by atoms with Gasteiger partial charge in [0.2, 0.25) is 0 Å². The Labute approximate surface area is 133 Å². The number of nitrogens with zero attached hydrogens (tertiary/aromatic N) is 1. The van der Waals surface area contributed by atoms with Crippen LogP contribution in [0.5, 0.6) is 0 Å². The standard InChI is InChI=1S/C19H27NO2/c1-16(11-17-7-5-4-6-8-17)12-20-13-18(2,3)22-19(14-20)9-10-21-15-19/h4-8,11H,9-10,12-15H2,1-3H3/b16-11+. The molecule has 0 N–H and O–H groups in total. The van der Waals surface area contributed by atoms with Gasteiger partial charge in [0.05, 0.1) is 12.2 Å². The van der Waals surface area contributed by atoms with Crippen molar-refractivity contribution in [3.05, 3.63) is 41.5 Å². The van der Waals surface area contributed by atoms with Crippen LogP contribution in [0.1, 0.15) is 32.8 Å². The molecule has 0 amide bonds. The zero-order valence-corrected chi connectivity index (χ0v) is 14.0. The Morgan fingerprint density at radius 2 is 2.00 bits per heavy atom. The summed E-state index contributed by atoms with van der Waals surface area (Å²) < 4.78 is 12.0. The predicted octanol–water partition coefficient (Wildman–Crippen LogP) is 3.36. The van der Waals surface area contributed by atoms with Crippen molar-refractivity contribution in [1.29, 1.82) is 0 Å². The predicted molar refractivity (Wildman–Crippen MR) is 89.9 cm³/mol. The van der Waals surface area contributed by atoms with Gasteiger partial charge in [-0.1, -0.05) is 42.0 Å². The summed E-state index contributed by atoms with van der Waals surface area (Å²) in [5, 5.41) is 0. The minimum absolute atomic E-state index is 0.102. The van der Waals surface area contributed by atoms with Crippen molar-refractivity contribution in [3.8, 4) is 0 Å². The SMILES string of the molecule is C/C(=C\c1ccccc1)CN1CC(C)(C)OC2(CCOC2)C1. The monoisotopic (exact) mass is 301 g/mol. The molecule has 2 aliphatic rings. The Morgan fingerprint density at radius 1 is 1.23 bits per heavy atom. The summed E-state index contributed by atoms with van der Waals surface area (Å²) in [6, 6.07) is 10.5. The van der Waals surface area contributed by atoms with Gasteiger partial charge in [0.15, 0.2) is 0 Å². The van der Waals surface area contributed by atoms with Crippen LogP contribution in [0.2, 0.25) is 0 Å². The second-order valence-electron chi connectivity index (χ2n) is 7.39. The van der Waals surface area contributed by atoms with Gasteiger partial charge in [-0.2, -0.15) is 0 Å². The minimum Gasteiger partial charge on any atom is -0.378 e. The molecule has 0 aromatic heterocycles. The van der Waals surface area contributed by atoms with Crippen LogP contribution in [0.4, 0.5) is 0 Å². The number of rotatable bonds is 3.